The third-order valence-electron chi connectivity index (χ3n) is 3.21. The Labute approximate surface area is 97.8 Å². The first-order valence-corrected chi connectivity index (χ1v) is 6.23. The minimum Gasteiger partial charge on any atom is -0.396 e. The maximum atomic E-state index is 11.5. The number of aliphatic hydroxyl groups excluding tert-OH is 1. The van der Waals surface area contributed by atoms with Crippen LogP contribution in [0, 0.1) is 5.41 Å². The van der Waals surface area contributed by atoms with Crippen LogP contribution in [0.4, 0.5) is 0 Å². The van der Waals surface area contributed by atoms with Crippen LogP contribution in [0.25, 0.3) is 0 Å². The molecule has 0 aromatic heterocycles. The Hall–Kier alpha value is -0.610. The number of rotatable bonds is 8. The van der Waals surface area contributed by atoms with Crippen molar-refractivity contribution in [2.24, 2.45) is 5.41 Å². The minimum absolute atomic E-state index is 0.0506. The Kier molecular flexibility index (Phi) is 5.22. The molecular weight excluding hydrogens is 204 g/mol. The Morgan fingerprint density at radius 3 is 2.69 bits per heavy atom. The first-order chi connectivity index (χ1) is 7.62. The Bertz CT molecular complexity index is 227. The Balaban J connectivity index is 2.06. The van der Waals surface area contributed by atoms with Gasteiger partial charge < -0.3 is 15.7 Å². The molecule has 0 spiro atoms. The van der Waals surface area contributed by atoms with Crippen LogP contribution in [0.5, 0.6) is 0 Å². The molecule has 0 bridgehead atoms. The predicted octanol–water partition coefficient (Wildman–Crippen LogP) is 0.653. The summed E-state index contributed by atoms with van der Waals surface area (Å²) in [6, 6.07) is 0.257. The van der Waals surface area contributed by atoms with Gasteiger partial charge in [-0.25, -0.2) is 0 Å². The minimum atomic E-state index is 0.0506. The van der Waals surface area contributed by atoms with Crippen molar-refractivity contribution in [3.63, 3.8) is 0 Å². The van der Waals surface area contributed by atoms with Gasteiger partial charge in [-0.15, -0.1) is 0 Å². The normalized spacial score (nSPS) is 19.2. The molecule has 0 aromatic carbocycles. The van der Waals surface area contributed by atoms with Gasteiger partial charge in [0.25, 0.3) is 0 Å². The molecule has 1 fully saturated rings. The van der Waals surface area contributed by atoms with Crippen LogP contribution in [-0.4, -0.2) is 36.8 Å². The highest BCUT2D eigenvalue weighted by Gasteiger charge is 2.41. The SMILES string of the molecule is CCCC(C)NC(=O)CNCC1(CO)CC1. The molecule has 1 rings (SSSR count). The number of nitrogens with one attached hydrogen (secondary N) is 2. The summed E-state index contributed by atoms with van der Waals surface area (Å²) in [5.74, 6) is 0.0506. The number of carbonyl (C=O) groups excluding carboxylic acids is 1. The van der Waals surface area contributed by atoms with E-state index in [2.05, 4.69) is 17.6 Å². The lowest BCUT2D eigenvalue weighted by atomic mass is 10.1. The third kappa shape index (κ3) is 4.49. The molecule has 0 heterocycles. The van der Waals surface area contributed by atoms with Gasteiger partial charge in [0.1, 0.15) is 0 Å². The van der Waals surface area contributed by atoms with Crippen molar-refractivity contribution in [3.05, 3.63) is 0 Å². The number of amides is 1. The molecule has 0 aliphatic heterocycles. The van der Waals surface area contributed by atoms with Gasteiger partial charge in [0, 0.05) is 24.6 Å². The second-order valence-electron chi connectivity index (χ2n) is 5.02. The van der Waals surface area contributed by atoms with E-state index in [0.717, 1.165) is 32.2 Å². The zero-order chi connectivity index (χ0) is 12.0. The van der Waals surface area contributed by atoms with E-state index in [1.165, 1.54) is 0 Å². The molecule has 0 aromatic rings. The standard InChI is InChI=1S/C12H24N2O2/c1-3-4-10(2)14-11(16)7-13-8-12(9-15)5-6-12/h10,13,15H,3-9H2,1-2H3,(H,14,16). The highest BCUT2D eigenvalue weighted by Crippen LogP contribution is 2.44. The third-order valence-corrected chi connectivity index (χ3v) is 3.21. The van der Waals surface area contributed by atoms with Crippen molar-refractivity contribution >= 4 is 5.91 Å². The van der Waals surface area contributed by atoms with Crippen LogP contribution in [0.3, 0.4) is 0 Å². The van der Waals surface area contributed by atoms with Crippen molar-refractivity contribution in [1.82, 2.24) is 10.6 Å². The first-order valence-electron chi connectivity index (χ1n) is 6.23. The van der Waals surface area contributed by atoms with Gasteiger partial charge >= 0.3 is 0 Å². The average Bonchev–Trinajstić information content (AvgIpc) is 2.99. The fourth-order valence-electron chi connectivity index (χ4n) is 1.84. The topological polar surface area (TPSA) is 61.4 Å². The Morgan fingerprint density at radius 2 is 2.19 bits per heavy atom. The van der Waals surface area contributed by atoms with Crippen LogP contribution in [0.2, 0.25) is 0 Å². The van der Waals surface area contributed by atoms with Gasteiger partial charge in [-0.3, -0.25) is 4.79 Å². The lowest BCUT2D eigenvalue weighted by molar-refractivity contribution is -0.120. The molecule has 1 saturated carbocycles. The van der Waals surface area contributed by atoms with Gasteiger partial charge in [0.2, 0.25) is 5.91 Å². The fourth-order valence-corrected chi connectivity index (χ4v) is 1.84. The molecule has 1 unspecified atom stereocenters. The maximum absolute atomic E-state index is 11.5. The number of aliphatic hydroxyl groups is 1. The summed E-state index contributed by atoms with van der Waals surface area (Å²) >= 11 is 0. The van der Waals surface area contributed by atoms with E-state index < -0.39 is 0 Å². The van der Waals surface area contributed by atoms with Crippen molar-refractivity contribution in [3.8, 4) is 0 Å². The van der Waals surface area contributed by atoms with Gasteiger partial charge in [0.05, 0.1) is 6.54 Å². The summed E-state index contributed by atoms with van der Waals surface area (Å²) in [7, 11) is 0. The lowest BCUT2D eigenvalue weighted by Gasteiger charge is -2.15. The molecule has 94 valence electrons. The molecule has 3 N–H and O–H groups in total. The number of hydrogen-bond acceptors (Lipinski definition) is 3. The van der Waals surface area contributed by atoms with Crippen LogP contribution < -0.4 is 10.6 Å². The molecule has 1 aliphatic carbocycles. The molecule has 16 heavy (non-hydrogen) atoms. The van der Waals surface area contributed by atoms with E-state index in [1.807, 2.05) is 6.92 Å². The van der Waals surface area contributed by atoms with Crippen molar-refractivity contribution in [1.29, 1.82) is 0 Å². The summed E-state index contributed by atoms with van der Waals surface area (Å²) in [6.07, 6.45) is 4.25. The summed E-state index contributed by atoms with van der Waals surface area (Å²) in [5.41, 5.74) is 0.0787. The van der Waals surface area contributed by atoms with Crippen LogP contribution in [0.15, 0.2) is 0 Å². The van der Waals surface area contributed by atoms with Crippen molar-refractivity contribution < 1.29 is 9.90 Å². The van der Waals surface area contributed by atoms with Crippen molar-refractivity contribution in [2.45, 2.75) is 45.6 Å². The number of carbonyl (C=O) groups is 1. The zero-order valence-corrected chi connectivity index (χ0v) is 10.4. The number of hydrogen-bond donors (Lipinski definition) is 3. The van der Waals surface area contributed by atoms with Crippen LogP contribution >= 0.6 is 0 Å². The van der Waals surface area contributed by atoms with E-state index in [9.17, 15) is 4.79 Å². The monoisotopic (exact) mass is 228 g/mol. The summed E-state index contributed by atoms with van der Waals surface area (Å²) < 4.78 is 0. The van der Waals surface area contributed by atoms with E-state index in [0.29, 0.717) is 6.54 Å². The average molecular weight is 228 g/mol. The van der Waals surface area contributed by atoms with E-state index in [4.69, 9.17) is 5.11 Å². The predicted molar refractivity (Wildman–Crippen MR) is 64.1 cm³/mol. The highest BCUT2D eigenvalue weighted by atomic mass is 16.3. The van der Waals surface area contributed by atoms with Gasteiger partial charge in [-0.05, 0) is 26.2 Å². The Morgan fingerprint density at radius 1 is 1.50 bits per heavy atom. The molecular formula is C12H24N2O2. The second kappa shape index (κ2) is 6.21. The van der Waals surface area contributed by atoms with E-state index >= 15 is 0 Å². The molecule has 1 amide bonds. The van der Waals surface area contributed by atoms with Crippen LogP contribution in [-0.2, 0) is 4.79 Å². The van der Waals surface area contributed by atoms with Crippen LogP contribution in [0.1, 0.15) is 39.5 Å². The molecule has 4 nitrogen and oxygen atoms in total. The van der Waals surface area contributed by atoms with Gasteiger partial charge in [0.15, 0.2) is 0 Å². The summed E-state index contributed by atoms with van der Waals surface area (Å²) in [4.78, 5) is 11.5. The lowest BCUT2D eigenvalue weighted by Crippen LogP contribution is -2.40. The fraction of sp³-hybridized carbons (Fsp3) is 0.917. The second-order valence-corrected chi connectivity index (χ2v) is 5.02. The maximum Gasteiger partial charge on any atom is 0.234 e. The van der Waals surface area contributed by atoms with Crippen molar-refractivity contribution in [2.75, 3.05) is 19.7 Å². The summed E-state index contributed by atoms with van der Waals surface area (Å²) in [6.45, 7) is 5.47. The molecule has 0 radical (unpaired) electrons. The molecule has 0 saturated heterocycles. The zero-order valence-electron chi connectivity index (χ0n) is 10.4. The molecule has 1 aliphatic rings. The molecule has 4 heteroatoms. The van der Waals surface area contributed by atoms with Gasteiger partial charge in [-0.1, -0.05) is 13.3 Å². The molecule has 1 atom stereocenters. The van der Waals surface area contributed by atoms with E-state index in [-0.39, 0.29) is 24.0 Å². The smallest absolute Gasteiger partial charge is 0.234 e. The quantitative estimate of drug-likeness (QED) is 0.572. The van der Waals surface area contributed by atoms with Gasteiger partial charge in [-0.2, -0.15) is 0 Å². The largest absolute Gasteiger partial charge is 0.396 e. The highest BCUT2D eigenvalue weighted by molar-refractivity contribution is 5.78. The van der Waals surface area contributed by atoms with E-state index in [1.54, 1.807) is 0 Å². The summed E-state index contributed by atoms with van der Waals surface area (Å²) in [5, 5.41) is 15.2. The first kappa shape index (κ1) is 13.5.